The van der Waals surface area contributed by atoms with Crippen molar-refractivity contribution in [2.75, 3.05) is 31.5 Å². The maximum Gasteiger partial charge on any atom is 0.274 e. The smallest absolute Gasteiger partial charge is 0.274 e. The van der Waals surface area contributed by atoms with E-state index < -0.39 is 0 Å². The number of aromatic nitrogens is 3. The van der Waals surface area contributed by atoms with Crippen LogP contribution < -0.4 is 5.32 Å². The molecule has 0 saturated carbocycles. The average Bonchev–Trinajstić information content (AvgIpc) is 3.48. The molecule has 0 unspecified atom stereocenters. The zero-order valence-corrected chi connectivity index (χ0v) is 19.8. The first-order valence-electron chi connectivity index (χ1n) is 11.3. The van der Waals surface area contributed by atoms with Crippen molar-refractivity contribution in [3.63, 3.8) is 0 Å². The first-order chi connectivity index (χ1) is 16.1. The molecule has 0 bridgehead atoms. The Morgan fingerprint density at radius 1 is 1.06 bits per heavy atom. The lowest BCUT2D eigenvalue weighted by atomic mass is 10.2. The van der Waals surface area contributed by atoms with E-state index in [-0.39, 0.29) is 5.91 Å². The van der Waals surface area contributed by atoms with Gasteiger partial charge in [-0.2, -0.15) is 0 Å². The molecule has 3 aromatic heterocycles. The van der Waals surface area contributed by atoms with Gasteiger partial charge in [0, 0.05) is 45.0 Å². The fraction of sp³-hybridized carbons (Fsp3) is 0.320. The molecular weight excluding hydrogens is 432 g/mol. The van der Waals surface area contributed by atoms with Gasteiger partial charge in [-0.3, -0.25) is 14.1 Å². The number of anilines is 1. The van der Waals surface area contributed by atoms with E-state index in [0.29, 0.717) is 18.3 Å². The largest absolute Gasteiger partial charge is 0.357 e. The van der Waals surface area contributed by atoms with E-state index in [1.807, 2.05) is 58.1 Å². The van der Waals surface area contributed by atoms with Gasteiger partial charge in [-0.25, -0.2) is 9.97 Å². The maximum absolute atomic E-state index is 13.4. The normalized spacial score (nSPS) is 14.8. The molecule has 4 heterocycles. The van der Waals surface area contributed by atoms with E-state index in [1.165, 1.54) is 5.56 Å². The number of imidazole rings is 1. The number of fused-ring (bicyclic) bond motifs is 1. The van der Waals surface area contributed by atoms with Gasteiger partial charge in [-0.1, -0.05) is 47.7 Å². The number of benzene rings is 1. The summed E-state index contributed by atoms with van der Waals surface area (Å²) in [6.45, 7) is 8.36. The third-order valence-corrected chi connectivity index (χ3v) is 7.05. The molecule has 0 atom stereocenters. The van der Waals surface area contributed by atoms with E-state index in [2.05, 4.69) is 41.2 Å². The second-order valence-corrected chi connectivity index (χ2v) is 9.56. The van der Waals surface area contributed by atoms with E-state index in [9.17, 15) is 4.79 Å². The van der Waals surface area contributed by atoms with Gasteiger partial charge in [-0.05, 0) is 31.5 Å². The predicted molar refractivity (Wildman–Crippen MR) is 133 cm³/mol. The van der Waals surface area contributed by atoms with E-state index >= 15 is 0 Å². The summed E-state index contributed by atoms with van der Waals surface area (Å²) in [5.41, 5.74) is 2.54. The molecule has 1 saturated heterocycles. The Hall–Kier alpha value is -3.23. The van der Waals surface area contributed by atoms with Crippen molar-refractivity contribution < 1.29 is 4.79 Å². The predicted octanol–water partition coefficient (Wildman–Crippen LogP) is 4.24. The maximum atomic E-state index is 13.4. The summed E-state index contributed by atoms with van der Waals surface area (Å²) >= 11 is 1.55. The van der Waals surface area contributed by atoms with Crippen molar-refractivity contribution in [2.45, 2.75) is 26.4 Å². The number of nitrogens with zero attached hydrogens (tertiary/aromatic N) is 5. The molecule has 0 spiro atoms. The van der Waals surface area contributed by atoms with Crippen molar-refractivity contribution >= 4 is 27.9 Å². The van der Waals surface area contributed by atoms with Crippen LogP contribution in [0, 0.1) is 0 Å². The van der Waals surface area contributed by atoms with Crippen LogP contribution in [-0.2, 0) is 6.54 Å². The van der Waals surface area contributed by atoms with Crippen LogP contribution in [0.15, 0.2) is 60.9 Å². The Morgan fingerprint density at radius 2 is 1.82 bits per heavy atom. The van der Waals surface area contributed by atoms with Crippen LogP contribution in [-0.4, -0.2) is 62.3 Å². The van der Waals surface area contributed by atoms with Crippen LogP contribution in [0.3, 0.4) is 0 Å². The Balaban J connectivity index is 1.38. The minimum atomic E-state index is 0.000275. The second kappa shape index (κ2) is 9.33. The standard InChI is InChI=1S/C25H28N6OS/c1-18(2)29-12-14-30(15-13-29)24(32)22-20-10-6-7-11-31(20)23(28-22)21-17-27-25(33-21)26-16-19-8-4-3-5-9-19/h3-11,17-18H,12-16H2,1-2H3,(H,26,27). The number of rotatable bonds is 6. The fourth-order valence-electron chi connectivity index (χ4n) is 4.19. The first-order valence-corrected chi connectivity index (χ1v) is 12.2. The van der Waals surface area contributed by atoms with Gasteiger partial charge in [0.2, 0.25) is 0 Å². The van der Waals surface area contributed by atoms with Crippen molar-refractivity contribution in [3.05, 3.63) is 72.2 Å². The highest BCUT2D eigenvalue weighted by atomic mass is 32.1. The summed E-state index contributed by atoms with van der Waals surface area (Å²) in [7, 11) is 0. The molecule has 4 aromatic rings. The lowest BCUT2D eigenvalue weighted by Crippen LogP contribution is -2.50. The van der Waals surface area contributed by atoms with Gasteiger partial charge < -0.3 is 10.2 Å². The molecule has 8 heteroatoms. The van der Waals surface area contributed by atoms with Gasteiger partial charge in [0.05, 0.1) is 16.6 Å². The van der Waals surface area contributed by atoms with E-state index in [4.69, 9.17) is 4.98 Å². The second-order valence-electron chi connectivity index (χ2n) is 8.53. The molecule has 1 aliphatic heterocycles. The number of thiazole rings is 1. The summed E-state index contributed by atoms with van der Waals surface area (Å²) in [5.74, 6) is 0.750. The Kier molecular flexibility index (Phi) is 6.11. The zero-order valence-electron chi connectivity index (χ0n) is 18.9. The zero-order chi connectivity index (χ0) is 22.8. The highest BCUT2D eigenvalue weighted by molar-refractivity contribution is 7.18. The average molecular weight is 461 g/mol. The van der Waals surface area contributed by atoms with Crippen molar-refractivity contribution in [1.29, 1.82) is 0 Å². The van der Waals surface area contributed by atoms with Crippen LogP contribution in [0.5, 0.6) is 0 Å². The molecular formula is C25H28N6OS. The van der Waals surface area contributed by atoms with Crippen LogP contribution in [0.25, 0.3) is 16.2 Å². The van der Waals surface area contributed by atoms with Gasteiger partial charge in [-0.15, -0.1) is 0 Å². The van der Waals surface area contributed by atoms with Crippen molar-refractivity contribution in [1.82, 2.24) is 24.2 Å². The van der Waals surface area contributed by atoms with Gasteiger partial charge in [0.1, 0.15) is 0 Å². The highest BCUT2D eigenvalue weighted by Gasteiger charge is 2.27. The Labute approximate surface area is 197 Å². The lowest BCUT2D eigenvalue weighted by molar-refractivity contribution is 0.0592. The van der Waals surface area contributed by atoms with E-state index in [1.54, 1.807) is 11.3 Å². The monoisotopic (exact) mass is 460 g/mol. The molecule has 5 rings (SSSR count). The minimum absolute atomic E-state index is 0.000275. The molecule has 1 amide bonds. The number of nitrogens with one attached hydrogen (secondary N) is 1. The first kappa shape index (κ1) is 21.6. The van der Waals surface area contributed by atoms with Gasteiger partial charge in [0.25, 0.3) is 5.91 Å². The molecule has 7 nitrogen and oxygen atoms in total. The Bertz CT molecular complexity index is 1240. The molecule has 170 valence electrons. The molecule has 1 aromatic carbocycles. The summed E-state index contributed by atoms with van der Waals surface area (Å²) in [4.78, 5) is 28.0. The number of carbonyl (C=O) groups is 1. The minimum Gasteiger partial charge on any atom is -0.357 e. The molecule has 1 N–H and O–H groups in total. The lowest BCUT2D eigenvalue weighted by Gasteiger charge is -2.36. The third kappa shape index (κ3) is 4.49. The molecule has 0 aliphatic carbocycles. The summed E-state index contributed by atoms with van der Waals surface area (Å²) in [6, 6.07) is 16.6. The van der Waals surface area contributed by atoms with Crippen LogP contribution in [0.2, 0.25) is 0 Å². The van der Waals surface area contributed by atoms with E-state index in [0.717, 1.165) is 47.5 Å². The molecule has 1 fully saturated rings. The topological polar surface area (TPSA) is 65.8 Å². The van der Waals surface area contributed by atoms with Crippen LogP contribution in [0.1, 0.15) is 29.9 Å². The SMILES string of the molecule is CC(C)N1CCN(C(=O)c2nc(-c3cnc(NCc4ccccc4)s3)n3ccccc23)CC1. The number of hydrogen-bond acceptors (Lipinski definition) is 6. The molecule has 0 radical (unpaired) electrons. The molecule has 33 heavy (non-hydrogen) atoms. The number of pyridine rings is 1. The van der Waals surface area contributed by atoms with Crippen molar-refractivity contribution in [2.24, 2.45) is 0 Å². The number of carbonyl (C=O) groups excluding carboxylic acids is 1. The highest BCUT2D eigenvalue weighted by Crippen LogP contribution is 2.31. The fourth-order valence-corrected chi connectivity index (χ4v) is 4.99. The number of hydrogen-bond donors (Lipinski definition) is 1. The van der Waals surface area contributed by atoms with Crippen LogP contribution in [0.4, 0.5) is 5.13 Å². The van der Waals surface area contributed by atoms with Crippen LogP contribution >= 0.6 is 11.3 Å². The summed E-state index contributed by atoms with van der Waals surface area (Å²) in [6.07, 6.45) is 3.79. The quantitative estimate of drug-likeness (QED) is 0.466. The number of amides is 1. The van der Waals surface area contributed by atoms with Gasteiger partial charge >= 0.3 is 0 Å². The Morgan fingerprint density at radius 3 is 2.58 bits per heavy atom. The summed E-state index contributed by atoms with van der Waals surface area (Å²) in [5, 5.41) is 4.22. The van der Waals surface area contributed by atoms with Crippen molar-refractivity contribution in [3.8, 4) is 10.7 Å². The summed E-state index contributed by atoms with van der Waals surface area (Å²) < 4.78 is 1.99. The number of piperazine rings is 1. The third-order valence-electron chi connectivity index (χ3n) is 6.10. The molecule has 1 aliphatic rings. The van der Waals surface area contributed by atoms with Gasteiger partial charge in [0.15, 0.2) is 16.6 Å².